The number of aliphatic imine (C=N–C) groups is 1. The molecule has 2 saturated heterocycles. The minimum absolute atomic E-state index is 0.0382. The van der Waals surface area contributed by atoms with Crippen molar-refractivity contribution in [2.45, 2.75) is 125 Å². The van der Waals surface area contributed by atoms with Gasteiger partial charge in [-0.2, -0.15) is 0 Å². The van der Waals surface area contributed by atoms with E-state index in [-0.39, 0.29) is 31.6 Å². The number of aliphatic hydroxyl groups is 4. The van der Waals surface area contributed by atoms with Gasteiger partial charge in [-0.1, -0.05) is 0 Å². The van der Waals surface area contributed by atoms with Crippen LogP contribution in [0.1, 0.15) is 40.0 Å². The largest absolute Gasteiger partial charge is 0.388 e. The van der Waals surface area contributed by atoms with Gasteiger partial charge in [-0.05, 0) is 54.1 Å². The molecule has 0 aromatic carbocycles. The van der Waals surface area contributed by atoms with Crippen molar-refractivity contribution in [1.29, 1.82) is 0 Å². The van der Waals surface area contributed by atoms with Crippen LogP contribution in [-0.2, 0) is 23.7 Å². The summed E-state index contributed by atoms with van der Waals surface area (Å²) in [5, 5.41) is 52.0. The van der Waals surface area contributed by atoms with E-state index in [0.29, 0.717) is 12.8 Å². The third kappa shape index (κ3) is 8.30. The highest BCUT2D eigenvalue weighted by Crippen LogP contribution is 2.34. The summed E-state index contributed by atoms with van der Waals surface area (Å²) >= 11 is 0. The number of rotatable bonds is 11. The van der Waals surface area contributed by atoms with Crippen LogP contribution >= 0.6 is 0 Å². The van der Waals surface area contributed by atoms with E-state index in [9.17, 15) is 25.2 Å². The highest BCUT2D eigenvalue weighted by molar-refractivity contribution is 5.81. The smallest absolute Gasteiger partial charge is 0.250 e. The zero-order valence-corrected chi connectivity index (χ0v) is 25.6. The highest BCUT2D eigenvalue weighted by Gasteiger charge is 2.52. The van der Waals surface area contributed by atoms with Crippen molar-refractivity contribution >= 4 is 11.9 Å². The molecule has 250 valence electrons. The van der Waals surface area contributed by atoms with Crippen molar-refractivity contribution < 1.29 is 44.2 Å². The molecule has 0 aromatic rings. The van der Waals surface area contributed by atoms with Gasteiger partial charge in [0.1, 0.15) is 42.2 Å². The topological polar surface area (TPSA) is 287 Å². The molecule has 3 aliphatic rings. The first-order valence-corrected chi connectivity index (χ1v) is 14.6. The van der Waals surface area contributed by atoms with Crippen molar-refractivity contribution in [3.05, 3.63) is 0 Å². The Morgan fingerprint density at radius 2 is 1.79 bits per heavy atom. The van der Waals surface area contributed by atoms with Crippen molar-refractivity contribution in [3.8, 4) is 0 Å². The van der Waals surface area contributed by atoms with Crippen LogP contribution in [0.4, 0.5) is 0 Å². The number of hydrogen-bond acceptors (Lipinski definition) is 14. The predicted octanol–water partition coefficient (Wildman–Crippen LogP) is -5.15. The monoisotopic (exact) mass is 620 g/mol. The Morgan fingerprint density at radius 3 is 2.37 bits per heavy atom. The molecule has 17 nitrogen and oxygen atoms in total. The van der Waals surface area contributed by atoms with Gasteiger partial charge in [0.05, 0.1) is 24.8 Å². The molecule has 43 heavy (non-hydrogen) atoms. The fraction of sp³-hybridized carbons (Fsp3) is 0.923. The van der Waals surface area contributed by atoms with Crippen LogP contribution in [0.5, 0.6) is 0 Å². The Balaban J connectivity index is 1.89. The molecule has 1 saturated carbocycles. The normalized spacial score (nSPS) is 41.3. The fourth-order valence-electron chi connectivity index (χ4n) is 5.91. The third-order valence-corrected chi connectivity index (χ3v) is 8.70. The summed E-state index contributed by atoms with van der Waals surface area (Å²) < 4.78 is 24.4. The molecule has 1 amide bonds. The number of nitrogens with zero attached hydrogens (tertiary/aromatic N) is 1. The lowest BCUT2D eigenvalue weighted by atomic mass is 9.83. The first-order valence-electron chi connectivity index (χ1n) is 14.6. The van der Waals surface area contributed by atoms with Gasteiger partial charge in [0, 0.05) is 18.1 Å². The van der Waals surface area contributed by atoms with Gasteiger partial charge in [0.25, 0.3) is 0 Å². The van der Waals surface area contributed by atoms with Crippen LogP contribution < -0.4 is 38.9 Å². The van der Waals surface area contributed by atoms with E-state index in [1.807, 2.05) is 20.9 Å². The Morgan fingerprint density at radius 1 is 1.14 bits per heavy atom. The number of amides is 1. The lowest BCUT2D eigenvalue weighted by Gasteiger charge is -2.49. The van der Waals surface area contributed by atoms with E-state index in [1.165, 1.54) is 6.92 Å². The van der Waals surface area contributed by atoms with Gasteiger partial charge in [0.2, 0.25) is 5.91 Å². The fourth-order valence-corrected chi connectivity index (χ4v) is 5.91. The minimum Gasteiger partial charge on any atom is -0.388 e. The van der Waals surface area contributed by atoms with Gasteiger partial charge in [-0.15, -0.1) is 0 Å². The zero-order chi connectivity index (χ0) is 32.3. The standard InChI is InChI=1S/C26H52N8O9/c1-25(2,32-5)15-7-6-12(34-24(29)30)22(41-15)42-18-11(28)8-13(33-21(38)14(35)9-27)19(16(18)36)43-23-17(37)20(31-4)26(3,39)10-40-23/h11-20,22-23,31-32,35-37,39H,6-10,27-28H2,1-5H3,(H,33,38)(H4,29,30,34)/t11-,12+,13+,14-,15-,16-,17+,18+,19-,20+,22+,23+,26-/m0/s1. The number of ether oxygens (including phenoxy) is 4. The van der Waals surface area contributed by atoms with Crippen LogP contribution in [0.15, 0.2) is 4.99 Å². The molecule has 0 unspecified atom stereocenters. The Bertz CT molecular complexity index is 956. The first-order chi connectivity index (χ1) is 20.1. The molecule has 0 radical (unpaired) electrons. The molecule has 13 atom stereocenters. The van der Waals surface area contributed by atoms with Crippen molar-refractivity contribution in [2.24, 2.45) is 27.9 Å². The van der Waals surface area contributed by atoms with E-state index >= 15 is 0 Å². The number of likely N-dealkylation sites (N-methyl/N-ethyl adjacent to an activating group) is 2. The second-order valence-corrected chi connectivity index (χ2v) is 12.4. The minimum atomic E-state index is -1.51. The summed E-state index contributed by atoms with van der Waals surface area (Å²) in [5.74, 6) is -0.940. The average Bonchev–Trinajstić information content (AvgIpc) is 2.94. The number of carbonyl (C=O) groups excluding carboxylic acids is 1. The summed E-state index contributed by atoms with van der Waals surface area (Å²) in [6, 6.07) is -3.22. The maximum absolute atomic E-state index is 12.6. The molecular weight excluding hydrogens is 568 g/mol. The molecule has 2 heterocycles. The van der Waals surface area contributed by atoms with Gasteiger partial charge >= 0.3 is 0 Å². The van der Waals surface area contributed by atoms with Crippen molar-refractivity contribution in [1.82, 2.24) is 16.0 Å². The van der Waals surface area contributed by atoms with E-state index in [1.54, 1.807) is 7.05 Å². The number of nitrogens with one attached hydrogen (secondary N) is 3. The summed E-state index contributed by atoms with van der Waals surface area (Å²) in [6.45, 7) is 4.94. The second-order valence-electron chi connectivity index (χ2n) is 12.4. The van der Waals surface area contributed by atoms with E-state index in [2.05, 4.69) is 20.9 Å². The average molecular weight is 621 g/mol. The van der Waals surface area contributed by atoms with Crippen LogP contribution in [0, 0.1) is 0 Å². The van der Waals surface area contributed by atoms with Crippen LogP contribution in [0.3, 0.4) is 0 Å². The third-order valence-electron chi connectivity index (χ3n) is 8.70. The van der Waals surface area contributed by atoms with E-state index < -0.39 is 84.3 Å². The van der Waals surface area contributed by atoms with Gasteiger partial charge in [0.15, 0.2) is 18.5 Å². The van der Waals surface area contributed by atoms with E-state index in [4.69, 9.17) is 41.9 Å². The summed E-state index contributed by atoms with van der Waals surface area (Å²) in [4.78, 5) is 16.9. The quantitative estimate of drug-likeness (QED) is 0.0760. The molecular formula is C26H52N8O9. The van der Waals surface area contributed by atoms with Crippen LogP contribution in [-0.4, -0.2) is 144 Å². The summed E-state index contributed by atoms with van der Waals surface area (Å²) in [5.41, 5.74) is 21.5. The molecule has 1 aliphatic carbocycles. The lowest BCUT2D eigenvalue weighted by molar-refractivity contribution is -0.309. The molecule has 3 fully saturated rings. The molecule has 15 N–H and O–H groups in total. The van der Waals surface area contributed by atoms with Crippen molar-refractivity contribution in [2.75, 3.05) is 27.2 Å². The number of aliphatic hydroxyl groups excluding tert-OH is 3. The number of hydrogen-bond donors (Lipinski definition) is 11. The van der Waals surface area contributed by atoms with Crippen LogP contribution in [0.25, 0.3) is 0 Å². The SMILES string of the molecule is CN[C@@H]1[C@@H](O)[C@@H](O[C@@H]2[C@@H](O)[C@H](O[C@H]3O[C@H](C(C)(C)NC)CC[C@H]3N=C(N)N)[C@@H](N)C[C@H]2NC(=O)[C@@H](O)CN)OC[C@]1(C)O. The Hall–Kier alpha value is -1.74. The molecule has 17 heteroatoms. The van der Waals surface area contributed by atoms with Gasteiger partial charge in [-0.3, -0.25) is 4.79 Å². The number of nitrogens with two attached hydrogens (primary N) is 4. The molecule has 0 aromatic heterocycles. The number of carbonyl (C=O) groups is 1. The summed E-state index contributed by atoms with van der Waals surface area (Å²) in [6.07, 6.45) is -8.10. The summed E-state index contributed by atoms with van der Waals surface area (Å²) in [7, 11) is 3.39. The molecule has 0 spiro atoms. The maximum atomic E-state index is 12.6. The maximum Gasteiger partial charge on any atom is 0.250 e. The van der Waals surface area contributed by atoms with Crippen molar-refractivity contribution in [3.63, 3.8) is 0 Å². The second kappa shape index (κ2) is 14.6. The Kier molecular flexibility index (Phi) is 12.1. The lowest BCUT2D eigenvalue weighted by Crippen LogP contribution is -2.69. The zero-order valence-electron chi connectivity index (χ0n) is 25.6. The first kappa shape index (κ1) is 35.7. The Labute approximate surface area is 252 Å². The number of guanidine groups is 1. The van der Waals surface area contributed by atoms with Gasteiger partial charge in [-0.25, -0.2) is 4.99 Å². The van der Waals surface area contributed by atoms with Gasteiger partial charge < -0.3 is 78.3 Å². The molecule has 2 aliphatic heterocycles. The molecule has 0 bridgehead atoms. The highest BCUT2D eigenvalue weighted by atomic mass is 16.7. The molecule has 3 rings (SSSR count). The predicted molar refractivity (Wildman–Crippen MR) is 155 cm³/mol. The van der Waals surface area contributed by atoms with Crippen LogP contribution in [0.2, 0.25) is 0 Å². The van der Waals surface area contributed by atoms with E-state index in [0.717, 1.165) is 0 Å².